The van der Waals surface area contributed by atoms with E-state index in [-0.39, 0.29) is 17.7 Å². The van der Waals surface area contributed by atoms with E-state index in [1.165, 1.54) is 13.2 Å². The molecule has 110 valence electrons. The zero-order chi connectivity index (χ0) is 14.8. The van der Waals surface area contributed by atoms with Crippen LogP contribution in [0.5, 0.6) is 0 Å². The third-order valence-electron chi connectivity index (χ3n) is 4.02. The summed E-state index contributed by atoms with van der Waals surface area (Å²) < 4.78 is 18.8. The number of nitrogens with one attached hydrogen (secondary N) is 1. The summed E-state index contributed by atoms with van der Waals surface area (Å²) in [6.45, 7) is 0.377. The second-order valence-electron chi connectivity index (χ2n) is 5.29. The second kappa shape index (κ2) is 5.79. The van der Waals surface area contributed by atoms with Gasteiger partial charge < -0.3 is 15.0 Å². The molecule has 1 aliphatic rings. The van der Waals surface area contributed by atoms with Crippen LogP contribution in [-0.2, 0) is 9.53 Å². The van der Waals surface area contributed by atoms with Gasteiger partial charge in [0.05, 0.1) is 12.8 Å². The van der Waals surface area contributed by atoms with Crippen molar-refractivity contribution in [1.29, 1.82) is 0 Å². The lowest BCUT2D eigenvalue weighted by Crippen LogP contribution is -2.59. The first-order valence-corrected chi connectivity index (χ1v) is 6.78. The molecule has 1 N–H and O–H groups in total. The Morgan fingerprint density at radius 2 is 2.15 bits per heavy atom. The minimum absolute atomic E-state index is 0.245. The van der Waals surface area contributed by atoms with Crippen molar-refractivity contribution in [2.75, 3.05) is 32.6 Å². The molecule has 0 heterocycles. The van der Waals surface area contributed by atoms with Crippen LogP contribution in [0.3, 0.4) is 0 Å². The largest absolute Gasteiger partial charge is 0.468 e. The molecule has 1 aromatic rings. The van der Waals surface area contributed by atoms with E-state index in [2.05, 4.69) is 5.32 Å². The highest BCUT2D eigenvalue weighted by atomic mass is 19.1. The number of carbonyl (C=O) groups is 1. The lowest BCUT2D eigenvalue weighted by Gasteiger charge is -2.35. The van der Waals surface area contributed by atoms with Gasteiger partial charge in [-0.1, -0.05) is 12.1 Å². The number of halogens is 1. The fraction of sp³-hybridized carbons (Fsp3) is 0.533. The van der Waals surface area contributed by atoms with Crippen molar-refractivity contribution >= 4 is 11.7 Å². The molecule has 0 amide bonds. The molecule has 0 radical (unpaired) electrons. The Bertz CT molecular complexity index is 491. The van der Waals surface area contributed by atoms with Crippen molar-refractivity contribution in [3.63, 3.8) is 0 Å². The van der Waals surface area contributed by atoms with E-state index in [0.717, 1.165) is 12.8 Å². The quantitative estimate of drug-likeness (QED) is 0.807. The van der Waals surface area contributed by atoms with Crippen molar-refractivity contribution in [3.8, 4) is 0 Å². The molecular formula is C15H21FN2O2. The maximum Gasteiger partial charge on any atom is 0.328 e. The molecule has 2 rings (SSSR count). The maximum absolute atomic E-state index is 13.8. The monoisotopic (exact) mass is 280 g/mol. The van der Waals surface area contributed by atoms with Gasteiger partial charge in [-0.3, -0.25) is 0 Å². The molecule has 0 bridgehead atoms. The molecule has 1 aromatic carbocycles. The highest BCUT2D eigenvalue weighted by Gasteiger charge is 2.51. The zero-order valence-corrected chi connectivity index (χ0v) is 12.1. The van der Waals surface area contributed by atoms with E-state index < -0.39 is 5.54 Å². The summed E-state index contributed by atoms with van der Waals surface area (Å²) in [6.07, 6.45) is 1.97. The van der Waals surface area contributed by atoms with E-state index in [0.29, 0.717) is 12.2 Å². The van der Waals surface area contributed by atoms with Crippen molar-refractivity contribution < 1.29 is 13.9 Å². The number of para-hydroxylation sites is 1. The van der Waals surface area contributed by atoms with Gasteiger partial charge in [-0.2, -0.15) is 0 Å². The van der Waals surface area contributed by atoms with Crippen LogP contribution >= 0.6 is 0 Å². The predicted molar refractivity (Wildman–Crippen MR) is 76.2 cm³/mol. The molecule has 20 heavy (non-hydrogen) atoms. The van der Waals surface area contributed by atoms with Gasteiger partial charge in [0.25, 0.3) is 0 Å². The Morgan fingerprint density at radius 3 is 2.65 bits per heavy atom. The molecule has 5 heteroatoms. The molecule has 4 nitrogen and oxygen atoms in total. The highest BCUT2D eigenvalue weighted by molar-refractivity contribution is 5.83. The first-order chi connectivity index (χ1) is 9.55. The first kappa shape index (κ1) is 14.8. The normalized spacial score (nSPS) is 17.4. The minimum atomic E-state index is -0.772. The van der Waals surface area contributed by atoms with Crippen LogP contribution in [0.2, 0.25) is 0 Å². The Hall–Kier alpha value is -1.62. The average Bonchev–Trinajstić information content (AvgIpc) is 3.29. The van der Waals surface area contributed by atoms with Gasteiger partial charge in [-0.05, 0) is 37.9 Å². The molecule has 1 saturated carbocycles. The van der Waals surface area contributed by atoms with Crippen LogP contribution in [0.15, 0.2) is 24.3 Å². The highest BCUT2D eigenvalue weighted by Crippen LogP contribution is 2.41. The Balaban J connectivity index is 2.24. The third-order valence-corrected chi connectivity index (χ3v) is 4.02. The Labute approximate surface area is 118 Å². The summed E-state index contributed by atoms with van der Waals surface area (Å²) in [5.41, 5.74) is -0.289. The number of anilines is 1. The fourth-order valence-corrected chi connectivity index (χ4v) is 2.72. The summed E-state index contributed by atoms with van der Waals surface area (Å²) in [6, 6.07) is 6.56. The molecule has 0 spiro atoms. The number of ether oxygens (including phenoxy) is 1. The van der Waals surface area contributed by atoms with Crippen molar-refractivity contribution in [1.82, 2.24) is 5.32 Å². The number of methoxy groups -OCH3 is 1. The van der Waals surface area contributed by atoms with E-state index in [4.69, 9.17) is 4.74 Å². The van der Waals surface area contributed by atoms with Gasteiger partial charge in [0.1, 0.15) is 11.4 Å². The van der Waals surface area contributed by atoms with Gasteiger partial charge in [0.2, 0.25) is 0 Å². The minimum Gasteiger partial charge on any atom is -0.468 e. The van der Waals surface area contributed by atoms with Crippen LogP contribution in [0.1, 0.15) is 12.8 Å². The number of hydrogen-bond donors (Lipinski definition) is 1. The van der Waals surface area contributed by atoms with Crippen LogP contribution in [0, 0.1) is 11.7 Å². The van der Waals surface area contributed by atoms with Crippen LogP contribution in [0.4, 0.5) is 10.1 Å². The number of likely N-dealkylation sites (N-methyl/N-ethyl adjacent to an activating group) is 2. The van der Waals surface area contributed by atoms with Gasteiger partial charge in [0.15, 0.2) is 0 Å². The predicted octanol–water partition coefficient (Wildman–Crippen LogP) is 1.80. The molecule has 1 aliphatic carbocycles. The number of hydrogen-bond acceptors (Lipinski definition) is 4. The number of rotatable bonds is 6. The molecule has 1 atom stereocenters. The van der Waals surface area contributed by atoms with Gasteiger partial charge in [-0.25, -0.2) is 9.18 Å². The van der Waals surface area contributed by atoms with Crippen LogP contribution < -0.4 is 10.2 Å². The molecule has 1 fully saturated rings. The van der Waals surface area contributed by atoms with Gasteiger partial charge >= 0.3 is 5.97 Å². The molecule has 0 aromatic heterocycles. The summed E-state index contributed by atoms with van der Waals surface area (Å²) in [5, 5.41) is 3.11. The fourth-order valence-electron chi connectivity index (χ4n) is 2.72. The van der Waals surface area contributed by atoms with Crippen molar-refractivity contribution in [2.45, 2.75) is 18.4 Å². The van der Waals surface area contributed by atoms with E-state index in [9.17, 15) is 9.18 Å². The van der Waals surface area contributed by atoms with Crippen molar-refractivity contribution in [3.05, 3.63) is 30.1 Å². The van der Waals surface area contributed by atoms with E-state index >= 15 is 0 Å². The van der Waals surface area contributed by atoms with Crippen LogP contribution in [0.25, 0.3) is 0 Å². The maximum atomic E-state index is 13.8. The van der Waals surface area contributed by atoms with Crippen LogP contribution in [-0.4, -0.2) is 39.3 Å². The number of benzene rings is 1. The molecular weight excluding hydrogens is 259 g/mol. The zero-order valence-electron chi connectivity index (χ0n) is 12.1. The summed E-state index contributed by atoms with van der Waals surface area (Å²) in [4.78, 5) is 14.0. The SMILES string of the molecule is CNC(CN(C)c1ccccc1F)(C(=O)OC)C1CC1. The number of nitrogens with zero attached hydrogens (tertiary/aromatic N) is 1. The number of carbonyl (C=O) groups excluding carboxylic acids is 1. The Morgan fingerprint density at radius 1 is 1.50 bits per heavy atom. The summed E-state index contributed by atoms with van der Waals surface area (Å²) in [5.74, 6) is -0.333. The smallest absolute Gasteiger partial charge is 0.328 e. The molecule has 0 aliphatic heterocycles. The summed E-state index contributed by atoms with van der Waals surface area (Å²) >= 11 is 0. The first-order valence-electron chi connectivity index (χ1n) is 6.78. The van der Waals surface area contributed by atoms with E-state index in [1.807, 2.05) is 0 Å². The topological polar surface area (TPSA) is 41.6 Å². The van der Waals surface area contributed by atoms with E-state index in [1.54, 1.807) is 37.2 Å². The van der Waals surface area contributed by atoms with Gasteiger partial charge in [0, 0.05) is 13.6 Å². The average molecular weight is 280 g/mol. The lowest BCUT2D eigenvalue weighted by atomic mass is 9.92. The second-order valence-corrected chi connectivity index (χ2v) is 5.29. The van der Waals surface area contributed by atoms with Crippen molar-refractivity contribution in [2.24, 2.45) is 5.92 Å². The third kappa shape index (κ3) is 2.63. The number of esters is 1. The molecule has 1 unspecified atom stereocenters. The standard InChI is InChI=1S/C15H21FN2O2/c1-17-15(11-8-9-11,14(19)20-3)10-18(2)13-7-5-4-6-12(13)16/h4-7,11,17H,8-10H2,1-3H3. The Kier molecular flexibility index (Phi) is 4.28. The summed E-state index contributed by atoms with van der Waals surface area (Å²) in [7, 11) is 4.93. The lowest BCUT2D eigenvalue weighted by molar-refractivity contribution is -0.149. The molecule has 0 saturated heterocycles. The van der Waals surface area contributed by atoms with Gasteiger partial charge in [-0.15, -0.1) is 0 Å².